The van der Waals surface area contributed by atoms with Crippen molar-refractivity contribution in [2.75, 3.05) is 5.32 Å². The Morgan fingerprint density at radius 2 is 2.21 bits per heavy atom. The lowest BCUT2D eigenvalue weighted by Crippen LogP contribution is -2.26. The minimum absolute atomic E-state index is 0.00425. The largest absolute Gasteiger partial charge is 0.338 e. The van der Waals surface area contributed by atoms with Crippen LogP contribution in [0.15, 0.2) is 22.7 Å². The first-order valence-electron chi connectivity index (χ1n) is 6.01. The van der Waals surface area contributed by atoms with Gasteiger partial charge in [0.05, 0.1) is 12.0 Å². The molecule has 0 atom stereocenters. The Kier molecular flexibility index (Phi) is 2.43. The molecule has 6 nitrogen and oxygen atoms in total. The lowest BCUT2D eigenvalue weighted by atomic mass is 9.85. The van der Waals surface area contributed by atoms with Crippen LogP contribution in [0.3, 0.4) is 0 Å². The second kappa shape index (κ2) is 3.89. The molecule has 0 bridgehead atoms. The van der Waals surface area contributed by atoms with E-state index in [2.05, 4.69) is 15.5 Å². The first-order chi connectivity index (χ1) is 9.02. The topological polar surface area (TPSA) is 94.0 Å². The number of benzene rings is 1. The molecule has 3 N–H and O–H groups in total. The Labute approximate surface area is 110 Å². The Hall–Kier alpha value is -2.21. The fraction of sp³-hybridized carbons (Fsp3) is 0.308. The highest BCUT2D eigenvalue weighted by atomic mass is 16.5. The third-order valence-corrected chi connectivity index (χ3v) is 3.41. The molecular formula is C13H14N4O2. The average molecular weight is 258 g/mol. The molecule has 6 heteroatoms. The molecule has 3 rings (SSSR count). The molecule has 0 saturated carbocycles. The molecule has 0 spiro atoms. The Balaban J connectivity index is 2.07. The van der Waals surface area contributed by atoms with Crippen molar-refractivity contribution in [3.05, 3.63) is 29.7 Å². The molecule has 0 aliphatic carbocycles. The number of aromatic nitrogens is 2. The second-order valence-corrected chi connectivity index (χ2v) is 5.06. The van der Waals surface area contributed by atoms with Crippen molar-refractivity contribution in [3.8, 4) is 11.4 Å². The second-order valence-electron chi connectivity index (χ2n) is 5.06. The molecular weight excluding hydrogens is 244 g/mol. The van der Waals surface area contributed by atoms with Gasteiger partial charge in [-0.05, 0) is 37.6 Å². The highest BCUT2D eigenvalue weighted by molar-refractivity contribution is 6.06. The number of amides is 1. The molecule has 98 valence electrons. The Morgan fingerprint density at radius 3 is 2.89 bits per heavy atom. The van der Waals surface area contributed by atoms with Crippen LogP contribution >= 0.6 is 0 Å². The van der Waals surface area contributed by atoms with Crippen LogP contribution < -0.4 is 11.1 Å². The van der Waals surface area contributed by atoms with Crippen LogP contribution in [0.25, 0.3) is 11.4 Å². The maximum absolute atomic E-state index is 11.9. The zero-order valence-corrected chi connectivity index (χ0v) is 10.7. The van der Waals surface area contributed by atoms with Crippen molar-refractivity contribution in [1.29, 1.82) is 0 Å². The van der Waals surface area contributed by atoms with Gasteiger partial charge in [0.2, 0.25) is 17.6 Å². The number of nitrogens with two attached hydrogens (primary N) is 1. The molecule has 2 heterocycles. The van der Waals surface area contributed by atoms with Gasteiger partial charge in [-0.25, -0.2) is 0 Å². The summed E-state index contributed by atoms with van der Waals surface area (Å²) >= 11 is 0. The summed E-state index contributed by atoms with van der Waals surface area (Å²) in [6.45, 7) is 3.99. The predicted molar refractivity (Wildman–Crippen MR) is 69.3 cm³/mol. The van der Waals surface area contributed by atoms with E-state index in [1.807, 2.05) is 32.0 Å². The summed E-state index contributed by atoms with van der Waals surface area (Å²) in [5.41, 5.74) is 7.48. The normalized spacial score (nSPS) is 16.3. The first kappa shape index (κ1) is 11.9. The van der Waals surface area contributed by atoms with Gasteiger partial charge < -0.3 is 15.6 Å². The highest BCUT2D eigenvalue weighted by Crippen LogP contribution is 2.39. The van der Waals surface area contributed by atoms with E-state index < -0.39 is 5.41 Å². The number of fused-ring (bicyclic) bond motifs is 1. The van der Waals surface area contributed by atoms with Gasteiger partial charge in [0.1, 0.15) is 0 Å². The zero-order valence-electron chi connectivity index (χ0n) is 10.7. The van der Waals surface area contributed by atoms with E-state index in [-0.39, 0.29) is 12.5 Å². The van der Waals surface area contributed by atoms with Crippen LogP contribution in [-0.2, 0) is 16.8 Å². The van der Waals surface area contributed by atoms with Crippen molar-refractivity contribution in [1.82, 2.24) is 10.1 Å². The van der Waals surface area contributed by atoms with Crippen molar-refractivity contribution in [2.45, 2.75) is 25.8 Å². The molecule has 1 aromatic carbocycles. The number of carbonyl (C=O) groups is 1. The Bertz CT molecular complexity index is 660. The molecule has 0 radical (unpaired) electrons. The minimum atomic E-state index is -0.550. The van der Waals surface area contributed by atoms with Crippen molar-refractivity contribution < 1.29 is 9.32 Å². The van der Waals surface area contributed by atoms with Gasteiger partial charge in [-0.3, -0.25) is 4.79 Å². The van der Waals surface area contributed by atoms with E-state index in [4.69, 9.17) is 10.3 Å². The van der Waals surface area contributed by atoms with E-state index in [0.29, 0.717) is 11.7 Å². The average Bonchev–Trinajstić information content (AvgIpc) is 2.94. The molecule has 1 amide bonds. The Morgan fingerprint density at radius 1 is 1.42 bits per heavy atom. The molecule has 0 unspecified atom stereocenters. The van der Waals surface area contributed by atoms with Crippen molar-refractivity contribution in [3.63, 3.8) is 0 Å². The summed E-state index contributed by atoms with van der Waals surface area (Å²) in [5.74, 6) is 0.873. The zero-order chi connectivity index (χ0) is 13.6. The van der Waals surface area contributed by atoms with Gasteiger partial charge in [0.15, 0.2) is 0 Å². The number of hydrogen-bond donors (Lipinski definition) is 2. The summed E-state index contributed by atoms with van der Waals surface area (Å²) in [4.78, 5) is 16.1. The third-order valence-electron chi connectivity index (χ3n) is 3.41. The number of nitrogens with zero attached hydrogens (tertiary/aromatic N) is 2. The van der Waals surface area contributed by atoms with E-state index in [1.54, 1.807) is 0 Å². The lowest BCUT2D eigenvalue weighted by Gasteiger charge is -2.15. The number of anilines is 1. The lowest BCUT2D eigenvalue weighted by molar-refractivity contribution is -0.119. The van der Waals surface area contributed by atoms with Gasteiger partial charge in [0, 0.05) is 11.3 Å². The summed E-state index contributed by atoms with van der Waals surface area (Å²) in [6, 6.07) is 5.62. The number of nitrogens with one attached hydrogen (secondary N) is 1. The quantitative estimate of drug-likeness (QED) is 0.849. The van der Waals surface area contributed by atoms with Gasteiger partial charge in [-0.2, -0.15) is 4.98 Å². The van der Waals surface area contributed by atoms with Gasteiger partial charge in [-0.1, -0.05) is 5.16 Å². The van der Waals surface area contributed by atoms with E-state index in [9.17, 15) is 4.79 Å². The van der Waals surface area contributed by atoms with E-state index in [0.717, 1.165) is 16.8 Å². The molecule has 0 fully saturated rings. The molecule has 1 aliphatic heterocycles. The van der Waals surface area contributed by atoms with Gasteiger partial charge in [0.25, 0.3) is 0 Å². The van der Waals surface area contributed by atoms with Crippen LogP contribution in [0.1, 0.15) is 25.3 Å². The minimum Gasteiger partial charge on any atom is -0.338 e. The molecule has 1 aliphatic rings. The summed E-state index contributed by atoms with van der Waals surface area (Å²) in [6.07, 6.45) is 0. The number of hydrogen-bond acceptors (Lipinski definition) is 5. The summed E-state index contributed by atoms with van der Waals surface area (Å²) in [7, 11) is 0. The van der Waals surface area contributed by atoms with Crippen LogP contribution in [0.4, 0.5) is 5.69 Å². The standard InChI is InChI=1S/C13H14N4O2/c1-13(2)8-5-7(3-4-9(8)15-12(13)18)11-16-10(6-14)19-17-11/h3-5H,6,14H2,1-2H3,(H,15,18). The summed E-state index contributed by atoms with van der Waals surface area (Å²) in [5, 5.41) is 6.74. The number of rotatable bonds is 2. The number of carbonyl (C=O) groups excluding carboxylic acids is 1. The van der Waals surface area contributed by atoms with Crippen LogP contribution in [0.5, 0.6) is 0 Å². The van der Waals surface area contributed by atoms with Gasteiger partial charge in [-0.15, -0.1) is 0 Å². The molecule has 2 aromatic rings. The van der Waals surface area contributed by atoms with Crippen LogP contribution in [-0.4, -0.2) is 16.0 Å². The van der Waals surface area contributed by atoms with Crippen molar-refractivity contribution in [2.24, 2.45) is 5.73 Å². The predicted octanol–water partition coefficient (Wildman–Crippen LogP) is 1.43. The highest BCUT2D eigenvalue weighted by Gasteiger charge is 2.38. The first-order valence-corrected chi connectivity index (χ1v) is 6.01. The molecule has 1 aromatic heterocycles. The van der Waals surface area contributed by atoms with Crippen LogP contribution in [0.2, 0.25) is 0 Å². The maximum atomic E-state index is 11.9. The van der Waals surface area contributed by atoms with Gasteiger partial charge >= 0.3 is 0 Å². The smallest absolute Gasteiger partial charge is 0.240 e. The third kappa shape index (κ3) is 1.72. The maximum Gasteiger partial charge on any atom is 0.240 e. The monoisotopic (exact) mass is 258 g/mol. The fourth-order valence-electron chi connectivity index (χ4n) is 2.17. The fourth-order valence-corrected chi connectivity index (χ4v) is 2.17. The van der Waals surface area contributed by atoms with Crippen molar-refractivity contribution >= 4 is 11.6 Å². The van der Waals surface area contributed by atoms with E-state index >= 15 is 0 Å². The van der Waals surface area contributed by atoms with E-state index in [1.165, 1.54) is 0 Å². The molecule has 0 saturated heterocycles. The SMILES string of the molecule is CC1(C)C(=O)Nc2ccc(-c3noc(CN)n3)cc21. The molecule has 19 heavy (non-hydrogen) atoms. The van der Waals surface area contributed by atoms with Crippen LogP contribution in [0, 0.1) is 0 Å². The summed E-state index contributed by atoms with van der Waals surface area (Å²) < 4.78 is 4.99.